The zero-order chi connectivity index (χ0) is 13.1. The van der Waals surface area contributed by atoms with Crippen LogP contribution in [-0.4, -0.2) is 30.4 Å². The molecule has 0 radical (unpaired) electrons. The van der Waals surface area contributed by atoms with Crippen LogP contribution in [0.5, 0.6) is 5.75 Å². The summed E-state index contributed by atoms with van der Waals surface area (Å²) in [6.45, 7) is 2.71. The van der Waals surface area contributed by atoms with Crippen molar-refractivity contribution in [2.75, 3.05) is 13.7 Å². The van der Waals surface area contributed by atoms with Crippen LogP contribution in [0, 0.1) is 12.7 Å². The van der Waals surface area contributed by atoms with Gasteiger partial charge >= 0.3 is 5.97 Å². The minimum absolute atomic E-state index is 0.286. The molecule has 94 valence electrons. The second-order valence-corrected chi connectivity index (χ2v) is 3.96. The molecule has 0 saturated heterocycles. The van der Waals surface area contributed by atoms with Gasteiger partial charge in [-0.1, -0.05) is 6.07 Å². The van der Waals surface area contributed by atoms with Crippen molar-refractivity contribution in [1.29, 1.82) is 0 Å². The molecule has 0 aliphatic heterocycles. The molecule has 0 spiro atoms. The lowest BCUT2D eigenvalue weighted by Crippen LogP contribution is -2.42. The first-order chi connectivity index (χ1) is 7.86. The summed E-state index contributed by atoms with van der Waals surface area (Å²) in [5.74, 6) is -0.955. The Bertz CT molecular complexity index is 415. The SMILES string of the molecule is COC(=O)C(C)(O)COc1cc(F)ccc1C. The molecule has 0 aliphatic carbocycles. The second kappa shape index (κ2) is 5.14. The Morgan fingerprint density at radius 1 is 1.53 bits per heavy atom. The third-order valence-electron chi connectivity index (χ3n) is 2.28. The van der Waals surface area contributed by atoms with Crippen LogP contribution in [-0.2, 0) is 9.53 Å². The molecule has 1 N–H and O–H groups in total. The number of hydrogen-bond donors (Lipinski definition) is 1. The maximum absolute atomic E-state index is 13.0. The van der Waals surface area contributed by atoms with Gasteiger partial charge in [0.1, 0.15) is 18.2 Å². The highest BCUT2D eigenvalue weighted by Gasteiger charge is 2.32. The molecule has 0 saturated carbocycles. The smallest absolute Gasteiger partial charge is 0.341 e. The van der Waals surface area contributed by atoms with Gasteiger partial charge in [-0.2, -0.15) is 0 Å². The van der Waals surface area contributed by atoms with E-state index >= 15 is 0 Å². The minimum atomic E-state index is -1.76. The van der Waals surface area contributed by atoms with Gasteiger partial charge in [0, 0.05) is 6.07 Å². The first kappa shape index (κ1) is 13.4. The van der Waals surface area contributed by atoms with Gasteiger partial charge < -0.3 is 14.6 Å². The van der Waals surface area contributed by atoms with E-state index in [1.54, 1.807) is 13.0 Å². The van der Waals surface area contributed by atoms with E-state index in [4.69, 9.17) is 4.74 Å². The average molecular weight is 242 g/mol. The third kappa shape index (κ3) is 3.42. The molecule has 1 aromatic rings. The molecule has 0 aromatic heterocycles. The summed E-state index contributed by atoms with van der Waals surface area (Å²) in [4.78, 5) is 11.2. The number of methoxy groups -OCH3 is 1. The highest BCUT2D eigenvalue weighted by Crippen LogP contribution is 2.20. The van der Waals surface area contributed by atoms with E-state index in [0.29, 0.717) is 5.56 Å². The molecule has 5 heteroatoms. The fourth-order valence-corrected chi connectivity index (χ4v) is 1.23. The molecule has 1 aromatic carbocycles. The summed E-state index contributed by atoms with van der Waals surface area (Å²) in [6, 6.07) is 4.06. The van der Waals surface area contributed by atoms with Crippen LogP contribution in [0.1, 0.15) is 12.5 Å². The molecule has 17 heavy (non-hydrogen) atoms. The maximum atomic E-state index is 13.0. The molecule has 1 atom stereocenters. The second-order valence-electron chi connectivity index (χ2n) is 3.96. The monoisotopic (exact) mass is 242 g/mol. The van der Waals surface area contributed by atoms with Crippen molar-refractivity contribution in [3.05, 3.63) is 29.6 Å². The Morgan fingerprint density at radius 2 is 2.18 bits per heavy atom. The Balaban J connectivity index is 2.73. The van der Waals surface area contributed by atoms with E-state index in [0.717, 1.165) is 0 Å². The molecule has 0 fully saturated rings. The van der Waals surface area contributed by atoms with Gasteiger partial charge in [-0.05, 0) is 25.5 Å². The van der Waals surface area contributed by atoms with Gasteiger partial charge in [-0.3, -0.25) is 0 Å². The van der Waals surface area contributed by atoms with Gasteiger partial charge in [0.25, 0.3) is 0 Å². The van der Waals surface area contributed by atoms with Crippen LogP contribution < -0.4 is 4.74 Å². The molecule has 0 bridgehead atoms. The van der Waals surface area contributed by atoms with Crippen LogP contribution in [0.4, 0.5) is 4.39 Å². The summed E-state index contributed by atoms with van der Waals surface area (Å²) in [7, 11) is 1.17. The molecule has 0 aliphatic rings. The van der Waals surface area contributed by atoms with Crippen molar-refractivity contribution in [3.63, 3.8) is 0 Å². The molecule has 0 heterocycles. The van der Waals surface area contributed by atoms with Crippen LogP contribution in [0.25, 0.3) is 0 Å². The Morgan fingerprint density at radius 3 is 2.76 bits per heavy atom. The van der Waals surface area contributed by atoms with E-state index in [-0.39, 0.29) is 12.4 Å². The standard InChI is InChI=1S/C12H15FO4/c1-8-4-5-9(13)6-10(8)17-7-12(2,15)11(14)16-3/h4-6,15H,7H2,1-3H3. The number of halogens is 1. The summed E-state index contributed by atoms with van der Waals surface area (Å²) < 4.78 is 22.6. The Hall–Kier alpha value is -1.62. The van der Waals surface area contributed by atoms with Gasteiger partial charge in [0.05, 0.1) is 7.11 Å². The highest BCUT2D eigenvalue weighted by molar-refractivity contribution is 5.78. The lowest BCUT2D eigenvalue weighted by Gasteiger charge is -2.21. The van der Waals surface area contributed by atoms with Crippen LogP contribution >= 0.6 is 0 Å². The lowest BCUT2D eigenvalue weighted by molar-refractivity contribution is -0.163. The Kier molecular flexibility index (Phi) is 4.07. The van der Waals surface area contributed by atoms with Crippen molar-refractivity contribution in [3.8, 4) is 5.75 Å². The summed E-state index contributed by atoms with van der Waals surface area (Å²) in [5, 5.41) is 9.71. The van der Waals surface area contributed by atoms with Crippen molar-refractivity contribution in [1.82, 2.24) is 0 Å². The number of carbonyl (C=O) groups excluding carboxylic acids is 1. The fraction of sp³-hybridized carbons (Fsp3) is 0.417. The fourth-order valence-electron chi connectivity index (χ4n) is 1.23. The summed E-state index contributed by atoms with van der Waals surface area (Å²) in [5.41, 5.74) is -1.04. The van der Waals surface area contributed by atoms with E-state index in [1.165, 1.54) is 26.2 Å². The predicted molar refractivity (Wildman–Crippen MR) is 59.3 cm³/mol. The highest BCUT2D eigenvalue weighted by atomic mass is 19.1. The largest absolute Gasteiger partial charge is 0.490 e. The number of carbonyl (C=O) groups is 1. The van der Waals surface area contributed by atoms with Crippen molar-refractivity contribution in [2.24, 2.45) is 0 Å². The van der Waals surface area contributed by atoms with Crippen LogP contribution in [0.2, 0.25) is 0 Å². The normalized spacial score (nSPS) is 13.9. The average Bonchev–Trinajstić information content (AvgIpc) is 2.29. The van der Waals surface area contributed by atoms with E-state index in [9.17, 15) is 14.3 Å². The molecule has 1 rings (SSSR count). The number of ether oxygens (including phenoxy) is 2. The maximum Gasteiger partial charge on any atom is 0.341 e. The summed E-state index contributed by atoms with van der Waals surface area (Å²) >= 11 is 0. The van der Waals surface area contributed by atoms with E-state index in [1.807, 2.05) is 0 Å². The first-order valence-corrected chi connectivity index (χ1v) is 5.06. The van der Waals surface area contributed by atoms with Crippen molar-refractivity contribution < 1.29 is 23.8 Å². The zero-order valence-corrected chi connectivity index (χ0v) is 9.99. The summed E-state index contributed by atoms with van der Waals surface area (Å²) in [6.07, 6.45) is 0. The molecular formula is C12H15FO4. The number of rotatable bonds is 4. The lowest BCUT2D eigenvalue weighted by atomic mass is 10.1. The minimum Gasteiger partial charge on any atom is -0.490 e. The van der Waals surface area contributed by atoms with Crippen LogP contribution in [0.3, 0.4) is 0 Å². The van der Waals surface area contributed by atoms with Crippen molar-refractivity contribution in [2.45, 2.75) is 19.4 Å². The van der Waals surface area contributed by atoms with Gasteiger partial charge in [0.15, 0.2) is 5.60 Å². The van der Waals surface area contributed by atoms with Crippen molar-refractivity contribution >= 4 is 5.97 Å². The number of aliphatic hydroxyl groups is 1. The predicted octanol–water partition coefficient (Wildman–Crippen LogP) is 1.44. The van der Waals surface area contributed by atoms with E-state index in [2.05, 4.69) is 4.74 Å². The number of hydrogen-bond acceptors (Lipinski definition) is 4. The molecular weight excluding hydrogens is 227 g/mol. The number of aryl methyl sites for hydroxylation is 1. The molecule has 0 amide bonds. The zero-order valence-electron chi connectivity index (χ0n) is 9.99. The van der Waals surface area contributed by atoms with Crippen LogP contribution in [0.15, 0.2) is 18.2 Å². The third-order valence-corrected chi connectivity index (χ3v) is 2.28. The quantitative estimate of drug-likeness (QED) is 0.812. The number of benzene rings is 1. The van der Waals surface area contributed by atoms with Gasteiger partial charge in [-0.15, -0.1) is 0 Å². The van der Waals surface area contributed by atoms with E-state index < -0.39 is 17.4 Å². The Labute approximate surface area is 99.0 Å². The molecule has 1 unspecified atom stereocenters. The first-order valence-electron chi connectivity index (χ1n) is 5.06. The van der Waals surface area contributed by atoms with Gasteiger partial charge in [0.2, 0.25) is 0 Å². The molecule has 4 nitrogen and oxygen atoms in total. The van der Waals surface area contributed by atoms with Gasteiger partial charge in [-0.25, -0.2) is 9.18 Å². The number of esters is 1. The topological polar surface area (TPSA) is 55.8 Å².